The molecule has 5 aromatic rings. The Balaban J connectivity index is 1.25. The molecule has 2 aromatic heterocycles. The minimum atomic E-state index is -4.18. The van der Waals surface area contributed by atoms with Crippen molar-refractivity contribution < 1.29 is 27.2 Å². The minimum Gasteiger partial charge on any atom is -0.494 e. The maximum absolute atomic E-state index is 13.3. The number of oxazole rings is 1. The Hall–Kier alpha value is -4.61. The molecule has 43 heavy (non-hydrogen) atoms. The lowest BCUT2D eigenvalue weighted by Gasteiger charge is -2.13. The van der Waals surface area contributed by atoms with E-state index >= 15 is 0 Å². The van der Waals surface area contributed by atoms with Gasteiger partial charge in [0.25, 0.3) is 21.8 Å². The highest BCUT2D eigenvalue weighted by molar-refractivity contribution is 7.90. The molecule has 2 heterocycles. The van der Waals surface area contributed by atoms with Crippen LogP contribution in [0.25, 0.3) is 10.9 Å². The van der Waals surface area contributed by atoms with E-state index in [1.54, 1.807) is 22.8 Å². The smallest absolute Gasteiger partial charge is 0.281 e. The van der Waals surface area contributed by atoms with E-state index < -0.39 is 21.8 Å². The maximum atomic E-state index is 13.3. The molecule has 2 N–H and O–H groups in total. The van der Waals surface area contributed by atoms with E-state index in [9.17, 15) is 18.0 Å². The summed E-state index contributed by atoms with van der Waals surface area (Å²) in [6, 6.07) is 18.8. The largest absolute Gasteiger partial charge is 0.494 e. The number of fused-ring (bicyclic) bond motifs is 1. The summed E-state index contributed by atoms with van der Waals surface area (Å²) in [7, 11) is -4.18. The maximum Gasteiger partial charge on any atom is 0.281 e. The molecule has 2 amide bonds. The van der Waals surface area contributed by atoms with Crippen LogP contribution in [0, 0.1) is 13.8 Å². The molecule has 12 heteroatoms. The number of hydrogen-bond donors (Lipinski definition) is 2. The van der Waals surface area contributed by atoms with Crippen molar-refractivity contribution in [2.24, 2.45) is 0 Å². The van der Waals surface area contributed by atoms with E-state index in [1.807, 2.05) is 50.2 Å². The molecule has 222 valence electrons. The number of amides is 2. The van der Waals surface area contributed by atoms with Gasteiger partial charge in [-0.2, -0.15) is 0 Å². The van der Waals surface area contributed by atoms with Gasteiger partial charge in [0, 0.05) is 29.0 Å². The van der Waals surface area contributed by atoms with Gasteiger partial charge in [-0.05, 0) is 73.4 Å². The lowest BCUT2D eigenvalue weighted by Crippen LogP contribution is -2.32. The van der Waals surface area contributed by atoms with Gasteiger partial charge in [0.15, 0.2) is 12.1 Å². The molecule has 0 fully saturated rings. The van der Waals surface area contributed by atoms with Crippen LogP contribution in [-0.4, -0.2) is 36.4 Å². The first kappa shape index (κ1) is 29.9. The van der Waals surface area contributed by atoms with Crippen molar-refractivity contribution in [2.45, 2.75) is 38.3 Å². The van der Waals surface area contributed by atoms with Crippen molar-refractivity contribution in [3.8, 4) is 5.75 Å². The molecule has 0 aliphatic heterocycles. The number of nitrogens with zero attached hydrogens (tertiary/aromatic N) is 2. The zero-order valence-electron chi connectivity index (χ0n) is 23.5. The molecule has 0 spiro atoms. The summed E-state index contributed by atoms with van der Waals surface area (Å²) in [6.45, 7) is 4.81. The highest BCUT2D eigenvalue weighted by Crippen LogP contribution is 2.26. The van der Waals surface area contributed by atoms with Crippen LogP contribution < -0.4 is 14.8 Å². The number of nitrogens with one attached hydrogen (secondary N) is 2. The Bertz CT molecular complexity index is 1860. The summed E-state index contributed by atoms with van der Waals surface area (Å²) in [5, 5.41) is 4.19. The Morgan fingerprint density at radius 2 is 1.72 bits per heavy atom. The third-order valence-electron chi connectivity index (χ3n) is 6.83. The molecule has 0 radical (unpaired) electrons. The van der Waals surface area contributed by atoms with Crippen molar-refractivity contribution in [3.05, 3.63) is 112 Å². The molecule has 0 aliphatic rings. The Labute approximate surface area is 253 Å². The second-order valence-electron chi connectivity index (χ2n) is 9.95. The molecule has 0 aliphatic carbocycles. The third-order valence-corrected chi connectivity index (χ3v) is 8.77. The van der Waals surface area contributed by atoms with Crippen LogP contribution in [0.15, 0.2) is 88.7 Å². The van der Waals surface area contributed by atoms with Crippen LogP contribution >= 0.6 is 11.6 Å². The van der Waals surface area contributed by atoms with E-state index in [2.05, 4.69) is 15.0 Å². The first-order valence-electron chi connectivity index (χ1n) is 13.4. The molecule has 0 unspecified atom stereocenters. The fraction of sp³-hybridized carbons (Fsp3) is 0.194. The number of sulfonamides is 1. The zero-order chi connectivity index (χ0) is 30.6. The number of para-hydroxylation sites is 1. The second kappa shape index (κ2) is 12.7. The lowest BCUT2D eigenvalue weighted by atomic mass is 10.1. The Kier molecular flexibility index (Phi) is 8.84. The summed E-state index contributed by atoms with van der Waals surface area (Å²) in [6.07, 6.45) is 2.95. The normalized spacial score (nSPS) is 11.4. The van der Waals surface area contributed by atoms with Gasteiger partial charge in [-0.15, -0.1) is 0 Å². The SMILES string of the molecule is Cc1cc(OCCCn2c(C(=O)NS(=O)(=O)c3ccc(CNC(=O)c4cocn4)cc3)cc3ccccc32)cc(C)c1Cl. The summed E-state index contributed by atoms with van der Waals surface area (Å²) in [5.41, 5.74) is 3.68. The van der Waals surface area contributed by atoms with Gasteiger partial charge >= 0.3 is 0 Å². The summed E-state index contributed by atoms with van der Waals surface area (Å²) >= 11 is 6.25. The molecule has 5 rings (SSSR count). The van der Waals surface area contributed by atoms with Crippen molar-refractivity contribution in [1.29, 1.82) is 0 Å². The van der Waals surface area contributed by atoms with Crippen LogP contribution in [0.2, 0.25) is 5.02 Å². The van der Waals surface area contributed by atoms with Gasteiger partial charge in [-0.25, -0.2) is 18.1 Å². The quantitative estimate of drug-likeness (QED) is 0.189. The van der Waals surface area contributed by atoms with Gasteiger partial charge in [0.2, 0.25) is 0 Å². The molecule has 10 nitrogen and oxygen atoms in total. The average Bonchev–Trinajstić information content (AvgIpc) is 3.66. The van der Waals surface area contributed by atoms with Gasteiger partial charge in [-0.3, -0.25) is 9.59 Å². The first-order chi connectivity index (χ1) is 20.6. The molecule has 0 bridgehead atoms. The van der Waals surface area contributed by atoms with Crippen molar-refractivity contribution in [1.82, 2.24) is 19.6 Å². The number of ether oxygens (including phenoxy) is 1. The van der Waals surface area contributed by atoms with E-state index in [-0.39, 0.29) is 22.8 Å². The molecule has 0 saturated heterocycles. The highest BCUT2D eigenvalue weighted by Gasteiger charge is 2.22. The highest BCUT2D eigenvalue weighted by atomic mass is 35.5. The monoisotopic (exact) mass is 620 g/mol. The van der Waals surface area contributed by atoms with Crippen LogP contribution in [0.4, 0.5) is 0 Å². The van der Waals surface area contributed by atoms with Crippen LogP contribution in [-0.2, 0) is 23.1 Å². The van der Waals surface area contributed by atoms with Crippen molar-refractivity contribution in [3.63, 3.8) is 0 Å². The standard InChI is InChI=1S/C31H29ClN4O6S/c1-20-14-24(15-21(2)29(20)32)42-13-5-12-36-27-7-4-3-6-23(27)16-28(36)31(38)35-43(39,40)25-10-8-22(9-11-25)17-33-30(37)26-18-41-19-34-26/h3-4,6-11,14-16,18-19H,5,12-13,17H2,1-2H3,(H,33,37)(H,35,38). The molecule has 0 atom stereocenters. The number of benzene rings is 3. The number of aromatic nitrogens is 2. The Morgan fingerprint density at radius 3 is 2.42 bits per heavy atom. The molecule has 0 saturated carbocycles. The van der Waals surface area contributed by atoms with Crippen molar-refractivity contribution >= 4 is 44.3 Å². The molecule has 3 aromatic carbocycles. The van der Waals surface area contributed by atoms with E-state index in [0.717, 1.165) is 28.4 Å². The third kappa shape index (κ3) is 6.90. The van der Waals surface area contributed by atoms with Crippen LogP contribution in [0.5, 0.6) is 5.75 Å². The summed E-state index contributed by atoms with van der Waals surface area (Å²) in [4.78, 5) is 29.1. The van der Waals surface area contributed by atoms with E-state index in [0.29, 0.717) is 35.9 Å². The number of aryl methyl sites for hydroxylation is 3. The van der Waals surface area contributed by atoms with Crippen LogP contribution in [0.1, 0.15) is 44.1 Å². The Morgan fingerprint density at radius 1 is 1.00 bits per heavy atom. The van der Waals surface area contributed by atoms with Crippen LogP contribution in [0.3, 0.4) is 0 Å². The predicted molar refractivity (Wildman–Crippen MR) is 162 cm³/mol. The first-order valence-corrected chi connectivity index (χ1v) is 15.3. The molecular weight excluding hydrogens is 592 g/mol. The van der Waals surface area contributed by atoms with Gasteiger partial charge in [0.1, 0.15) is 17.7 Å². The number of halogens is 1. The van der Waals surface area contributed by atoms with E-state index in [4.69, 9.17) is 20.8 Å². The summed E-state index contributed by atoms with van der Waals surface area (Å²) < 4.78 is 40.9. The van der Waals surface area contributed by atoms with Crippen molar-refractivity contribution in [2.75, 3.05) is 6.61 Å². The lowest BCUT2D eigenvalue weighted by molar-refractivity contribution is 0.0943. The number of carbonyl (C=O) groups excluding carboxylic acids is 2. The van der Waals surface area contributed by atoms with E-state index in [1.165, 1.54) is 18.4 Å². The second-order valence-corrected chi connectivity index (χ2v) is 12.0. The van der Waals surface area contributed by atoms with Gasteiger partial charge in [-0.1, -0.05) is 41.9 Å². The predicted octanol–water partition coefficient (Wildman–Crippen LogP) is 5.42. The zero-order valence-corrected chi connectivity index (χ0v) is 25.0. The minimum absolute atomic E-state index is 0.0861. The summed E-state index contributed by atoms with van der Waals surface area (Å²) in [5.74, 6) is -0.455. The topological polar surface area (TPSA) is 133 Å². The number of carbonyl (C=O) groups is 2. The number of hydrogen-bond acceptors (Lipinski definition) is 7. The fourth-order valence-corrected chi connectivity index (χ4v) is 5.73. The fourth-order valence-electron chi connectivity index (χ4n) is 4.66. The van der Waals surface area contributed by atoms with Gasteiger partial charge in [0.05, 0.1) is 11.5 Å². The molecular formula is C31H29ClN4O6S. The van der Waals surface area contributed by atoms with Gasteiger partial charge < -0.3 is 19.0 Å². The number of rotatable bonds is 11. The average molecular weight is 621 g/mol.